The quantitative estimate of drug-likeness (QED) is 0.307. The highest BCUT2D eigenvalue weighted by Gasteiger charge is 2.45. The van der Waals surface area contributed by atoms with Crippen molar-refractivity contribution in [1.82, 2.24) is 0 Å². The first-order chi connectivity index (χ1) is 10.1. The van der Waals surface area contributed by atoms with E-state index >= 15 is 0 Å². The Hall–Kier alpha value is -1.06. The second-order valence-corrected chi connectivity index (χ2v) is 5.54. The van der Waals surface area contributed by atoms with Crippen molar-refractivity contribution >= 4 is 11.9 Å². The third-order valence-corrected chi connectivity index (χ3v) is 4.16. The maximum absolute atomic E-state index is 12.2. The maximum Gasteiger partial charge on any atom is 0.323 e. The Balaban J connectivity index is 4.03. The van der Waals surface area contributed by atoms with Crippen LogP contribution in [0.5, 0.6) is 0 Å². The van der Waals surface area contributed by atoms with Gasteiger partial charge in [-0.1, -0.05) is 59.3 Å². The largest absolute Gasteiger partial charge is 0.468 e. The molecule has 0 atom stereocenters. The Morgan fingerprint density at radius 1 is 0.810 bits per heavy atom. The molecular weight excluding hydrogens is 268 g/mol. The molecule has 21 heavy (non-hydrogen) atoms. The molecule has 0 aromatic rings. The molecule has 4 nitrogen and oxygen atoms in total. The van der Waals surface area contributed by atoms with Gasteiger partial charge in [0, 0.05) is 0 Å². The third-order valence-electron chi connectivity index (χ3n) is 4.16. The Kier molecular flexibility index (Phi) is 11.0. The molecule has 124 valence electrons. The summed E-state index contributed by atoms with van der Waals surface area (Å²) in [5.41, 5.74) is -1.13. The summed E-state index contributed by atoms with van der Waals surface area (Å²) in [7, 11) is 1.31. The van der Waals surface area contributed by atoms with Gasteiger partial charge in [0.1, 0.15) is 0 Å². The van der Waals surface area contributed by atoms with E-state index in [9.17, 15) is 9.59 Å². The van der Waals surface area contributed by atoms with E-state index < -0.39 is 17.4 Å². The average Bonchev–Trinajstić information content (AvgIpc) is 2.51. The zero-order valence-electron chi connectivity index (χ0n) is 14.2. The van der Waals surface area contributed by atoms with Crippen molar-refractivity contribution < 1.29 is 19.1 Å². The summed E-state index contributed by atoms with van der Waals surface area (Å²) in [5.74, 6) is -0.928. The van der Waals surface area contributed by atoms with E-state index in [4.69, 9.17) is 9.47 Å². The molecule has 0 heterocycles. The highest BCUT2D eigenvalue weighted by atomic mass is 16.6. The number of methoxy groups -OCH3 is 1. The number of ether oxygens (including phenoxy) is 2. The number of carbonyl (C=O) groups is 2. The van der Waals surface area contributed by atoms with Crippen LogP contribution in [0.25, 0.3) is 0 Å². The van der Waals surface area contributed by atoms with Gasteiger partial charge in [0.2, 0.25) is 0 Å². The predicted octanol–water partition coefficient (Wildman–Crippen LogP) is 4.26. The molecule has 0 aromatic heterocycles. The lowest BCUT2D eigenvalue weighted by Gasteiger charge is -2.26. The number of carbonyl (C=O) groups excluding carboxylic acids is 2. The van der Waals surface area contributed by atoms with E-state index in [1.807, 2.05) is 13.8 Å². The Morgan fingerprint density at radius 2 is 1.33 bits per heavy atom. The third kappa shape index (κ3) is 6.49. The van der Waals surface area contributed by atoms with E-state index in [1.54, 1.807) is 0 Å². The molecule has 0 aromatic carbocycles. The average molecular weight is 300 g/mol. The number of rotatable bonds is 12. The summed E-state index contributed by atoms with van der Waals surface area (Å²) in [6.45, 7) is 6.23. The molecule has 0 spiro atoms. The zero-order chi connectivity index (χ0) is 16.1. The Labute approximate surface area is 129 Å². The van der Waals surface area contributed by atoms with Crippen molar-refractivity contribution in [3.05, 3.63) is 0 Å². The van der Waals surface area contributed by atoms with Crippen molar-refractivity contribution in [3.63, 3.8) is 0 Å². The van der Waals surface area contributed by atoms with Gasteiger partial charge in [-0.15, -0.1) is 0 Å². The van der Waals surface area contributed by atoms with E-state index in [1.165, 1.54) is 39.2 Å². The van der Waals surface area contributed by atoms with Crippen LogP contribution in [0, 0.1) is 5.41 Å². The highest BCUT2D eigenvalue weighted by molar-refractivity contribution is 5.99. The lowest BCUT2D eigenvalue weighted by molar-refractivity contribution is -0.171. The Morgan fingerprint density at radius 3 is 1.81 bits per heavy atom. The van der Waals surface area contributed by atoms with Crippen molar-refractivity contribution in [2.75, 3.05) is 13.7 Å². The molecule has 0 fully saturated rings. The van der Waals surface area contributed by atoms with Crippen LogP contribution >= 0.6 is 0 Å². The molecule has 0 rings (SSSR count). The predicted molar refractivity (Wildman–Crippen MR) is 84.0 cm³/mol. The molecule has 0 aliphatic rings. The molecular formula is C17H32O4. The second kappa shape index (κ2) is 11.6. The summed E-state index contributed by atoms with van der Waals surface area (Å²) in [5, 5.41) is 0. The first-order valence-corrected chi connectivity index (χ1v) is 8.34. The van der Waals surface area contributed by atoms with Gasteiger partial charge >= 0.3 is 11.9 Å². The molecule has 4 heteroatoms. The van der Waals surface area contributed by atoms with Crippen LogP contribution in [0.4, 0.5) is 0 Å². The number of hydrogen-bond donors (Lipinski definition) is 0. The van der Waals surface area contributed by atoms with E-state index in [-0.39, 0.29) is 0 Å². The molecule has 0 aliphatic carbocycles. The van der Waals surface area contributed by atoms with E-state index in [0.29, 0.717) is 19.4 Å². The van der Waals surface area contributed by atoms with Crippen molar-refractivity contribution in [2.24, 2.45) is 5.41 Å². The minimum Gasteiger partial charge on any atom is -0.468 e. The van der Waals surface area contributed by atoms with Crippen LogP contribution in [0.2, 0.25) is 0 Å². The van der Waals surface area contributed by atoms with Crippen LogP contribution in [0.1, 0.15) is 78.6 Å². The fourth-order valence-corrected chi connectivity index (χ4v) is 2.47. The summed E-state index contributed by atoms with van der Waals surface area (Å²) < 4.78 is 10.1. The summed E-state index contributed by atoms with van der Waals surface area (Å²) >= 11 is 0. The van der Waals surface area contributed by atoms with Gasteiger partial charge in [-0.05, 0) is 19.3 Å². The summed E-state index contributed by atoms with van der Waals surface area (Å²) in [6.07, 6.45) is 9.01. The van der Waals surface area contributed by atoms with Gasteiger partial charge in [0.25, 0.3) is 0 Å². The highest BCUT2D eigenvalue weighted by Crippen LogP contribution is 2.29. The van der Waals surface area contributed by atoms with Crippen molar-refractivity contribution in [1.29, 1.82) is 0 Å². The minimum absolute atomic E-state index is 0.394. The van der Waals surface area contributed by atoms with Gasteiger partial charge < -0.3 is 9.47 Å². The first kappa shape index (κ1) is 19.9. The lowest BCUT2D eigenvalue weighted by atomic mass is 9.82. The lowest BCUT2D eigenvalue weighted by Crippen LogP contribution is -2.40. The van der Waals surface area contributed by atoms with E-state index in [0.717, 1.165) is 12.8 Å². The van der Waals surface area contributed by atoms with E-state index in [2.05, 4.69) is 6.92 Å². The summed E-state index contributed by atoms with van der Waals surface area (Å²) in [6, 6.07) is 0. The molecule has 0 amide bonds. The molecule has 0 N–H and O–H groups in total. The standard InChI is InChI=1S/C17H32O4/c1-5-8-9-10-11-12-13-14-21-16(19)17(6-2,7-3)15(18)20-4/h5-14H2,1-4H3. The number of hydrogen-bond acceptors (Lipinski definition) is 4. The number of unbranched alkanes of at least 4 members (excludes halogenated alkanes) is 6. The van der Waals surface area contributed by atoms with Gasteiger partial charge in [-0.2, -0.15) is 0 Å². The topological polar surface area (TPSA) is 52.6 Å². The molecule has 0 saturated heterocycles. The fraction of sp³-hybridized carbons (Fsp3) is 0.882. The number of esters is 2. The normalized spacial score (nSPS) is 11.2. The van der Waals surface area contributed by atoms with Crippen LogP contribution in [0.3, 0.4) is 0 Å². The first-order valence-electron chi connectivity index (χ1n) is 8.34. The van der Waals surface area contributed by atoms with Crippen LogP contribution < -0.4 is 0 Å². The van der Waals surface area contributed by atoms with Gasteiger partial charge in [-0.25, -0.2) is 0 Å². The Bertz CT molecular complexity index is 295. The molecule has 0 aliphatic heterocycles. The van der Waals surface area contributed by atoms with Gasteiger partial charge in [-0.3, -0.25) is 9.59 Å². The monoisotopic (exact) mass is 300 g/mol. The van der Waals surface area contributed by atoms with Crippen LogP contribution in [-0.4, -0.2) is 25.7 Å². The minimum atomic E-state index is -1.13. The van der Waals surface area contributed by atoms with Crippen LogP contribution in [0.15, 0.2) is 0 Å². The zero-order valence-corrected chi connectivity index (χ0v) is 14.2. The van der Waals surface area contributed by atoms with Crippen LogP contribution in [-0.2, 0) is 19.1 Å². The molecule has 0 unspecified atom stereocenters. The van der Waals surface area contributed by atoms with Gasteiger partial charge in [0.15, 0.2) is 5.41 Å². The smallest absolute Gasteiger partial charge is 0.323 e. The summed E-state index contributed by atoms with van der Waals surface area (Å²) in [4.78, 5) is 24.0. The second-order valence-electron chi connectivity index (χ2n) is 5.54. The molecule has 0 bridgehead atoms. The van der Waals surface area contributed by atoms with Crippen molar-refractivity contribution in [3.8, 4) is 0 Å². The SMILES string of the molecule is CCCCCCCCCOC(=O)C(CC)(CC)C(=O)OC. The molecule has 0 saturated carbocycles. The van der Waals surface area contributed by atoms with Gasteiger partial charge in [0.05, 0.1) is 13.7 Å². The fourth-order valence-electron chi connectivity index (χ4n) is 2.47. The van der Waals surface area contributed by atoms with Crippen molar-refractivity contribution in [2.45, 2.75) is 78.6 Å². The molecule has 0 radical (unpaired) electrons. The maximum atomic E-state index is 12.2.